The van der Waals surface area contributed by atoms with Crippen molar-refractivity contribution >= 4 is 17.7 Å². The lowest BCUT2D eigenvalue weighted by atomic mass is 10.0. The van der Waals surface area contributed by atoms with Crippen LogP contribution in [0.4, 0.5) is 4.79 Å². The number of likely N-dealkylation sites (tertiary alicyclic amines) is 1. The molecule has 1 unspecified atom stereocenters. The van der Waals surface area contributed by atoms with Crippen LogP contribution in [0.5, 0.6) is 0 Å². The van der Waals surface area contributed by atoms with E-state index in [1.807, 2.05) is 20.8 Å². The van der Waals surface area contributed by atoms with E-state index in [4.69, 9.17) is 16.3 Å². The van der Waals surface area contributed by atoms with Gasteiger partial charge in [-0.1, -0.05) is 11.6 Å². The first kappa shape index (κ1) is 13.1. The summed E-state index contributed by atoms with van der Waals surface area (Å²) in [5.74, 6) is 0. The molecular weight excluding hydrogens is 254 g/mol. The smallest absolute Gasteiger partial charge is 0.410 e. The number of nitrogens with zero attached hydrogens (tertiary/aromatic N) is 3. The highest BCUT2D eigenvalue weighted by molar-refractivity contribution is 6.29. The maximum absolute atomic E-state index is 11.9. The summed E-state index contributed by atoms with van der Waals surface area (Å²) < 4.78 is 5.33. The molecule has 2 rings (SSSR count). The SMILES string of the molecule is CC(C)(C)OC(=O)N1CCC1c1ccc(Cl)nn1. The van der Waals surface area contributed by atoms with Crippen LogP contribution in [0, 0.1) is 0 Å². The van der Waals surface area contributed by atoms with Crippen molar-refractivity contribution in [1.82, 2.24) is 15.1 Å². The van der Waals surface area contributed by atoms with Crippen molar-refractivity contribution in [2.24, 2.45) is 0 Å². The topological polar surface area (TPSA) is 55.3 Å². The van der Waals surface area contributed by atoms with Gasteiger partial charge in [0, 0.05) is 6.54 Å². The largest absolute Gasteiger partial charge is 0.444 e. The third-order valence-corrected chi connectivity index (χ3v) is 2.84. The molecule has 1 aromatic rings. The Kier molecular flexibility index (Phi) is 3.43. The summed E-state index contributed by atoms with van der Waals surface area (Å²) in [5, 5.41) is 8.13. The number of hydrogen-bond acceptors (Lipinski definition) is 4. The summed E-state index contributed by atoms with van der Waals surface area (Å²) in [5.41, 5.74) is 0.264. The van der Waals surface area contributed by atoms with Crippen molar-refractivity contribution < 1.29 is 9.53 Å². The minimum absolute atomic E-state index is 0.0513. The van der Waals surface area contributed by atoms with E-state index in [-0.39, 0.29) is 12.1 Å². The molecule has 1 aliphatic heterocycles. The predicted molar refractivity (Wildman–Crippen MR) is 67.3 cm³/mol. The second-order valence-electron chi connectivity index (χ2n) is 5.26. The van der Waals surface area contributed by atoms with Crippen LogP contribution in [0.15, 0.2) is 12.1 Å². The lowest BCUT2D eigenvalue weighted by Crippen LogP contribution is -2.47. The van der Waals surface area contributed by atoms with Gasteiger partial charge in [-0.2, -0.15) is 5.10 Å². The second kappa shape index (κ2) is 4.72. The molecule has 6 heteroatoms. The van der Waals surface area contributed by atoms with Gasteiger partial charge in [-0.05, 0) is 39.3 Å². The fourth-order valence-corrected chi connectivity index (χ4v) is 1.84. The molecule has 0 aromatic carbocycles. The van der Waals surface area contributed by atoms with Crippen LogP contribution < -0.4 is 0 Å². The van der Waals surface area contributed by atoms with Crippen molar-refractivity contribution in [3.8, 4) is 0 Å². The number of hydrogen-bond donors (Lipinski definition) is 0. The normalized spacial score (nSPS) is 19.3. The lowest BCUT2D eigenvalue weighted by molar-refractivity contribution is -0.00667. The minimum Gasteiger partial charge on any atom is -0.444 e. The molecule has 2 heterocycles. The maximum Gasteiger partial charge on any atom is 0.410 e. The molecule has 1 aromatic heterocycles. The van der Waals surface area contributed by atoms with Gasteiger partial charge < -0.3 is 4.74 Å². The summed E-state index contributed by atoms with van der Waals surface area (Å²) in [4.78, 5) is 13.6. The summed E-state index contributed by atoms with van der Waals surface area (Å²) in [7, 11) is 0. The zero-order chi connectivity index (χ0) is 13.3. The molecule has 1 saturated heterocycles. The Morgan fingerprint density at radius 1 is 1.44 bits per heavy atom. The fraction of sp³-hybridized carbons (Fsp3) is 0.583. The molecule has 18 heavy (non-hydrogen) atoms. The molecule has 1 fully saturated rings. The van der Waals surface area contributed by atoms with Crippen LogP contribution in [0.25, 0.3) is 0 Å². The molecule has 1 aliphatic rings. The number of amides is 1. The molecule has 0 saturated carbocycles. The van der Waals surface area contributed by atoms with Gasteiger partial charge in [0.15, 0.2) is 5.15 Å². The van der Waals surface area contributed by atoms with Crippen LogP contribution in [-0.2, 0) is 4.74 Å². The van der Waals surface area contributed by atoms with E-state index in [1.165, 1.54) is 0 Å². The van der Waals surface area contributed by atoms with Gasteiger partial charge in [-0.15, -0.1) is 5.10 Å². The van der Waals surface area contributed by atoms with Crippen molar-refractivity contribution in [2.75, 3.05) is 6.54 Å². The molecule has 0 spiro atoms. The number of halogens is 1. The highest BCUT2D eigenvalue weighted by Crippen LogP contribution is 2.33. The van der Waals surface area contributed by atoms with Gasteiger partial charge >= 0.3 is 6.09 Å². The quantitative estimate of drug-likeness (QED) is 0.787. The predicted octanol–water partition coefficient (Wildman–Crippen LogP) is 2.81. The zero-order valence-corrected chi connectivity index (χ0v) is 11.4. The minimum atomic E-state index is -0.483. The summed E-state index contributed by atoms with van der Waals surface area (Å²) in [6, 6.07) is 3.41. The van der Waals surface area contributed by atoms with Gasteiger partial charge in [0.05, 0.1) is 11.7 Å². The standard InChI is InChI=1S/C12H16ClN3O2/c1-12(2,3)18-11(17)16-7-6-9(16)8-4-5-10(13)15-14-8/h4-5,9H,6-7H2,1-3H3. The molecule has 0 N–H and O–H groups in total. The number of carbonyl (C=O) groups excluding carboxylic acids is 1. The van der Waals surface area contributed by atoms with Crippen molar-refractivity contribution in [1.29, 1.82) is 0 Å². The molecule has 1 atom stereocenters. The van der Waals surface area contributed by atoms with E-state index in [9.17, 15) is 4.79 Å². The van der Waals surface area contributed by atoms with Crippen LogP contribution >= 0.6 is 11.6 Å². The maximum atomic E-state index is 11.9. The summed E-state index contributed by atoms with van der Waals surface area (Å²) in [6.07, 6.45) is 0.561. The number of ether oxygens (including phenoxy) is 1. The third kappa shape index (κ3) is 2.90. The Balaban J connectivity index is 2.04. The van der Waals surface area contributed by atoms with Crippen molar-refractivity contribution in [2.45, 2.75) is 38.8 Å². The van der Waals surface area contributed by atoms with Gasteiger partial charge in [-0.25, -0.2) is 4.79 Å². The zero-order valence-electron chi connectivity index (χ0n) is 10.7. The van der Waals surface area contributed by atoms with Gasteiger partial charge in [-0.3, -0.25) is 4.90 Å². The van der Waals surface area contributed by atoms with Gasteiger partial charge in [0.1, 0.15) is 5.60 Å². The average molecular weight is 270 g/mol. The number of rotatable bonds is 1. The van der Waals surface area contributed by atoms with Gasteiger partial charge in [0.25, 0.3) is 0 Å². The van der Waals surface area contributed by atoms with Crippen molar-refractivity contribution in [3.63, 3.8) is 0 Å². The Hall–Kier alpha value is -1.36. The Morgan fingerprint density at radius 3 is 2.61 bits per heavy atom. The molecule has 0 bridgehead atoms. The van der Waals surface area contributed by atoms with E-state index >= 15 is 0 Å². The molecule has 5 nitrogen and oxygen atoms in total. The molecule has 0 aliphatic carbocycles. The van der Waals surface area contributed by atoms with Crippen LogP contribution in [0.1, 0.15) is 38.9 Å². The Morgan fingerprint density at radius 2 is 2.17 bits per heavy atom. The fourth-order valence-electron chi connectivity index (χ4n) is 1.74. The van der Waals surface area contributed by atoms with Crippen LogP contribution in [0.3, 0.4) is 0 Å². The summed E-state index contributed by atoms with van der Waals surface area (Å²) in [6.45, 7) is 6.23. The first-order chi connectivity index (χ1) is 8.37. The Labute approximate surface area is 111 Å². The van der Waals surface area contributed by atoms with E-state index in [1.54, 1.807) is 17.0 Å². The molecule has 1 amide bonds. The van der Waals surface area contributed by atoms with E-state index in [0.29, 0.717) is 11.7 Å². The molecule has 98 valence electrons. The first-order valence-electron chi connectivity index (χ1n) is 5.85. The highest BCUT2D eigenvalue weighted by atomic mass is 35.5. The summed E-state index contributed by atoms with van der Waals surface area (Å²) >= 11 is 5.68. The number of aromatic nitrogens is 2. The molecular formula is C12H16ClN3O2. The highest BCUT2D eigenvalue weighted by Gasteiger charge is 2.37. The van der Waals surface area contributed by atoms with Crippen molar-refractivity contribution in [3.05, 3.63) is 23.0 Å². The van der Waals surface area contributed by atoms with E-state index in [0.717, 1.165) is 12.1 Å². The Bertz CT molecular complexity index is 442. The number of carbonyl (C=O) groups is 1. The monoisotopic (exact) mass is 269 g/mol. The van der Waals surface area contributed by atoms with E-state index in [2.05, 4.69) is 10.2 Å². The lowest BCUT2D eigenvalue weighted by Gasteiger charge is -2.40. The van der Waals surface area contributed by atoms with E-state index < -0.39 is 5.60 Å². The van der Waals surface area contributed by atoms with Crippen LogP contribution in [-0.4, -0.2) is 33.3 Å². The average Bonchev–Trinajstić information content (AvgIpc) is 2.16. The van der Waals surface area contributed by atoms with Gasteiger partial charge in [0.2, 0.25) is 0 Å². The third-order valence-electron chi connectivity index (χ3n) is 2.64. The molecule has 0 radical (unpaired) electrons. The van der Waals surface area contributed by atoms with Crippen LogP contribution in [0.2, 0.25) is 5.15 Å². The second-order valence-corrected chi connectivity index (χ2v) is 5.65. The first-order valence-corrected chi connectivity index (χ1v) is 6.23.